The number of aromatic nitrogens is 2. The van der Waals surface area contributed by atoms with Gasteiger partial charge in [0.05, 0.1) is 6.07 Å². The Balaban J connectivity index is 0.000000845. The van der Waals surface area contributed by atoms with Gasteiger partial charge in [0.2, 0.25) is 0 Å². The van der Waals surface area contributed by atoms with Crippen molar-refractivity contribution in [3.63, 3.8) is 0 Å². The van der Waals surface area contributed by atoms with Gasteiger partial charge in [0, 0.05) is 5.56 Å². The first-order chi connectivity index (χ1) is 5.81. The number of nitriles is 1. The largest absolute Gasteiger partial charge is 1.00 e. The van der Waals surface area contributed by atoms with Gasteiger partial charge >= 0.3 is 51.4 Å². The van der Waals surface area contributed by atoms with Gasteiger partial charge in [-0.3, -0.25) is 0 Å². The van der Waals surface area contributed by atoms with E-state index in [1.807, 2.05) is 13.0 Å². The van der Waals surface area contributed by atoms with Gasteiger partial charge in [-0.05, 0) is 18.8 Å². The van der Waals surface area contributed by atoms with Gasteiger partial charge in [-0.2, -0.15) is 5.26 Å². The summed E-state index contributed by atoms with van der Waals surface area (Å²) in [6.07, 6.45) is 2.63. The number of imidazole rings is 1. The summed E-state index contributed by atoms with van der Waals surface area (Å²) in [6, 6.07) is 5.78. The number of benzene rings is 1. The van der Waals surface area contributed by atoms with Crippen LogP contribution in [0.5, 0.6) is 0 Å². The van der Waals surface area contributed by atoms with Crippen molar-refractivity contribution in [2.75, 3.05) is 0 Å². The molecule has 1 heterocycles. The minimum atomic E-state index is 0. The first-order valence-corrected chi connectivity index (χ1v) is 3.58. The second-order valence-corrected chi connectivity index (χ2v) is 2.64. The van der Waals surface area contributed by atoms with E-state index in [0.29, 0.717) is 5.56 Å². The van der Waals surface area contributed by atoms with E-state index in [4.69, 9.17) is 5.26 Å². The molecular formula is C9H6KN3. The van der Waals surface area contributed by atoms with Crippen LogP contribution < -0.4 is 51.4 Å². The number of nitrogens with one attached hydrogen (secondary N) is 1. The first kappa shape index (κ1) is 10.9. The molecule has 0 bridgehead atoms. The molecule has 4 heteroatoms. The molecule has 0 unspecified atom stereocenters. The smallest absolute Gasteiger partial charge is 0.460 e. The molecule has 0 spiro atoms. The van der Waals surface area contributed by atoms with E-state index < -0.39 is 0 Å². The Kier molecular flexibility index (Phi) is 3.65. The van der Waals surface area contributed by atoms with Crippen molar-refractivity contribution in [3.8, 4) is 6.07 Å². The molecule has 0 radical (unpaired) electrons. The van der Waals surface area contributed by atoms with Gasteiger partial charge in [-0.1, -0.05) is 23.2 Å². The first-order valence-electron chi connectivity index (χ1n) is 3.58. The Labute approximate surface area is 119 Å². The fourth-order valence-corrected chi connectivity index (χ4v) is 1.15. The maximum Gasteiger partial charge on any atom is 1.00 e. The Morgan fingerprint density at radius 2 is 2.31 bits per heavy atom. The Bertz CT molecular complexity index is 467. The molecule has 0 saturated heterocycles. The minimum absolute atomic E-state index is 0. The van der Waals surface area contributed by atoms with Crippen LogP contribution >= 0.6 is 0 Å². The van der Waals surface area contributed by atoms with Crippen molar-refractivity contribution < 1.29 is 51.4 Å². The summed E-state index contributed by atoms with van der Waals surface area (Å²) >= 11 is 0. The van der Waals surface area contributed by atoms with Crippen molar-refractivity contribution in [1.29, 1.82) is 5.26 Å². The molecule has 0 fully saturated rings. The number of aryl methyl sites for hydroxylation is 1. The van der Waals surface area contributed by atoms with E-state index in [2.05, 4.69) is 22.4 Å². The molecule has 13 heavy (non-hydrogen) atoms. The molecular weight excluding hydrogens is 189 g/mol. The van der Waals surface area contributed by atoms with Crippen LogP contribution in [-0.2, 0) is 0 Å². The third kappa shape index (κ3) is 2.01. The van der Waals surface area contributed by atoms with Crippen LogP contribution in [0.2, 0.25) is 0 Å². The van der Waals surface area contributed by atoms with E-state index in [1.54, 1.807) is 6.07 Å². The quantitative estimate of drug-likeness (QED) is 0.413. The molecule has 3 nitrogen and oxygen atoms in total. The van der Waals surface area contributed by atoms with Gasteiger partial charge in [-0.15, -0.1) is 0 Å². The predicted molar refractivity (Wildman–Crippen MR) is 44.4 cm³/mol. The Hall–Kier alpha value is -0.184. The molecule has 1 N–H and O–H groups in total. The maximum atomic E-state index is 8.72. The number of rotatable bonds is 0. The second-order valence-electron chi connectivity index (χ2n) is 2.64. The number of aromatic amines is 1. The topological polar surface area (TPSA) is 52.5 Å². The number of nitrogens with zero attached hydrogens (tertiary/aromatic N) is 2. The van der Waals surface area contributed by atoms with E-state index in [9.17, 15) is 0 Å². The maximum absolute atomic E-state index is 8.72. The molecule has 1 aromatic carbocycles. The third-order valence-corrected chi connectivity index (χ3v) is 1.83. The average molecular weight is 195 g/mol. The summed E-state index contributed by atoms with van der Waals surface area (Å²) < 4.78 is 0. The fourth-order valence-electron chi connectivity index (χ4n) is 1.15. The fraction of sp³-hybridized carbons (Fsp3) is 0.111. The summed E-state index contributed by atoms with van der Waals surface area (Å²) in [7, 11) is 0. The molecule has 0 aliphatic heterocycles. The van der Waals surface area contributed by atoms with Gasteiger partial charge in [-0.25, -0.2) is 0 Å². The van der Waals surface area contributed by atoms with Crippen LogP contribution in [0.4, 0.5) is 0 Å². The van der Waals surface area contributed by atoms with Crippen LogP contribution in [0.1, 0.15) is 11.1 Å². The predicted octanol–water partition coefficient (Wildman–Crippen LogP) is -1.45. The van der Waals surface area contributed by atoms with Crippen molar-refractivity contribution in [1.82, 2.24) is 9.97 Å². The second kappa shape index (κ2) is 4.36. The molecule has 2 rings (SSSR count). The molecule has 0 aliphatic rings. The van der Waals surface area contributed by atoms with Crippen molar-refractivity contribution >= 4 is 11.0 Å². The Morgan fingerprint density at radius 1 is 1.54 bits per heavy atom. The molecule has 0 atom stereocenters. The van der Waals surface area contributed by atoms with Crippen molar-refractivity contribution in [2.45, 2.75) is 6.92 Å². The van der Waals surface area contributed by atoms with E-state index in [1.165, 1.54) is 0 Å². The van der Waals surface area contributed by atoms with E-state index in [-0.39, 0.29) is 51.4 Å². The molecule has 1 aromatic heterocycles. The zero-order valence-corrected chi connectivity index (χ0v) is 10.7. The molecule has 0 amide bonds. The average Bonchev–Trinajstić information content (AvgIpc) is 2.49. The van der Waals surface area contributed by atoms with Gasteiger partial charge in [0.25, 0.3) is 0 Å². The molecule has 58 valence electrons. The normalized spacial score (nSPS) is 9.23. The summed E-state index contributed by atoms with van der Waals surface area (Å²) in [4.78, 5) is 6.80. The summed E-state index contributed by atoms with van der Waals surface area (Å²) in [5.74, 6) is 0. The minimum Gasteiger partial charge on any atom is -0.460 e. The van der Waals surface area contributed by atoms with Gasteiger partial charge < -0.3 is 9.97 Å². The monoisotopic (exact) mass is 195 g/mol. The summed E-state index contributed by atoms with van der Waals surface area (Å²) in [6.45, 7) is 1.90. The van der Waals surface area contributed by atoms with E-state index >= 15 is 0 Å². The van der Waals surface area contributed by atoms with Crippen LogP contribution in [-0.4, -0.2) is 9.97 Å². The van der Waals surface area contributed by atoms with Crippen molar-refractivity contribution in [2.24, 2.45) is 0 Å². The zero-order valence-electron chi connectivity index (χ0n) is 7.55. The van der Waals surface area contributed by atoms with Crippen LogP contribution in [0.15, 0.2) is 12.1 Å². The zero-order chi connectivity index (χ0) is 8.55. The molecule has 0 aliphatic carbocycles. The molecule has 0 saturated carbocycles. The van der Waals surface area contributed by atoms with Crippen molar-refractivity contribution in [3.05, 3.63) is 29.6 Å². The number of hydrogen-bond donors (Lipinski definition) is 1. The summed E-state index contributed by atoms with van der Waals surface area (Å²) in [5, 5.41) is 8.72. The van der Waals surface area contributed by atoms with Crippen LogP contribution in [0.3, 0.4) is 0 Å². The third-order valence-electron chi connectivity index (χ3n) is 1.83. The van der Waals surface area contributed by atoms with Crippen LogP contribution in [0, 0.1) is 24.6 Å². The Morgan fingerprint density at radius 3 is 3.00 bits per heavy atom. The molecule has 2 aromatic rings. The summed E-state index contributed by atoms with van der Waals surface area (Å²) in [5.41, 5.74) is 3.34. The van der Waals surface area contributed by atoms with Crippen LogP contribution in [0.25, 0.3) is 11.0 Å². The number of hydrogen-bond acceptors (Lipinski definition) is 2. The van der Waals surface area contributed by atoms with Gasteiger partial charge in [0.15, 0.2) is 0 Å². The number of fused-ring (bicyclic) bond motifs is 1. The van der Waals surface area contributed by atoms with Gasteiger partial charge in [0.1, 0.15) is 0 Å². The number of H-pyrrole nitrogens is 1. The van der Waals surface area contributed by atoms with E-state index in [0.717, 1.165) is 16.6 Å². The standard InChI is InChI=1S/C9H6N3.K/c1-6-2-8-9(12-5-11-8)3-7(6)4-10;/h2-3H,1H3,(H,11,12);/q-1;+1. The SMILES string of the molecule is Cc1cc2n[c-][nH]c2cc1C#N.[K+].